The SMILES string of the molecule is CC(C(O)c1cccc(C(C)(C)C)c1)C(F)(F)C(F)(F)C(F)(F)C(F)(F)C(F)(F)C(F)(F)F. The minimum atomic E-state index is -7.97. The molecule has 1 nitrogen and oxygen atoms in total. The molecule has 1 aromatic rings. The zero-order valence-corrected chi connectivity index (χ0v) is 17.3. The second-order valence-electron chi connectivity index (χ2n) is 8.53. The van der Waals surface area contributed by atoms with E-state index in [0.29, 0.717) is 5.56 Å². The van der Waals surface area contributed by atoms with Gasteiger partial charge in [-0.15, -0.1) is 0 Å². The number of hydrogen-bond donors (Lipinski definition) is 1. The summed E-state index contributed by atoms with van der Waals surface area (Å²) in [5.41, 5.74) is -0.868. The van der Waals surface area contributed by atoms with Crippen LogP contribution in [-0.2, 0) is 5.41 Å². The monoisotopic (exact) mass is 510 g/mol. The van der Waals surface area contributed by atoms with Crippen LogP contribution in [0.25, 0.3) is 0 Å². The van der Waals surface area contributed by atoms with Crippen molar-refractivity contribution >= 4 is 0 Å². The molecule has 0 aliphatic rings. The van der Waals surface area contributed by atoms with Crippen LogP contribution in [0.15, 0.2) is 24.3 Å². The number of halogens is 13. The summed E-state index contributed by atoms with van der Waals surface area (Å²) in [6, 6.07) is 4.55. The molecule has 1 N–H and O–H groups in total. The molecule has 0 aliphatic carbocycles. The first kappa shape index (κ1) is 29.3. The lowest BCUT2D eigenvalue weighted by atomic mass is 9.81. The molecule has 2 atom stereocenters. The first-order valence-electron chi connectivity index (χ1n) is 9.02. The topological polar surface area (TPSA) is 20.2 Å². The molecule has 0 aliphatic heterocycles. The molecular weight excluding hydrogens is 491 g/mol. The Kier molecular flexibility index (Phi) is 7.27. The predicted octanol–water partition coefficient (Wildman–Crippen LogP) is 7.39. The molecule has 33 heavy (non-hydrogen) atoms. The average Bonchev–Trinajstić information content (AvgIpc) is 2.64. The highest BCUT2D eigenvalue weighted by molar-refractivity contribution is 5.30. The van der Waals surface area contributed by atoms with E-state index in [-0.39, 0.29) is 6.92 Å². The minimum absolute atomic E-state index is 0.0263. The fourth-order valence-electron chi connectivity index (χ4n) is 2.74. The standard InChI is InChI=1S/C19H19F13O/c1-9(12(33)10-6-5-7-11(8-10)13(2,3)4)14(20,21)15(22,23)16(24,25)17(26,27)18(28,29)19(30,31)32/h5-9,12,33H,1-4H3. The Hall–Kier alpha value is -1.73. The second kappa shape index (κ2) is 8.19. The van der Waals surface area contributed by atoms with Crippen molar-refractivity contribution in [2.24, 2.45) is 5.92 Å². The molecule has 192 valence electrons. The molecule has 0 aromatic heterocycles. The molecule has 0 fully saturated rings. The van der Waals surface area contributed by atoms with Crippen LogP contribution in [0.2, 0.25) is 0 Å². The van der Waals surface area contributed by atoms with Crippen LogP contribution < -0.4 is 0 Å². The van der Waals surface area contributed by atoms with Gasteiger partial charge in [0, 0.05) is 0 Å². The fourth-order valence-corrected chi connectivity index (χ4v) is 2.74. The van der Waals surface area contributed by atoms with Crippen molar-refractivity contribution in [3.63, 3.8) is 0 Å². The van der Waals surface area contributed by atoms with Gasteiger partial charge in [0.15, 0.2) is 0 Å². The Labute approximate surface area is 179 Å². The van der Waals surface area contributed by atoms with Gasteiger partial charge in [-0.2, -0.15) is 57.1 Å². The van der Waals surface area contributed by atoms with Crippen molar-refractivity contribution in [1.82, 2.24) is 0 Å². The molecule has 0 bridgehead atoms. The fraction of sp³-hybridized carbons (Fsp3) is 0.684. The number of alkyl halides is 13. The minimum Gasteiger partial charge on any atom is -0.388 e. The highest BCUT2D eigenvalue weighted by Gasteiger charge is 2.91. The molecule has 1 rings (SSSR count). The zero-order valence-electron chi connectivity index (χ0n) is 17.3. The summed E-state index contributed by atoms with van der Waals surface area (Å²) >= 11 is 0. The Morgan fingerprint density at radius 3 is 1.48 bits per heavy atom. The van der Waals surface area contributed by atoms with E-state index in [2.05, 4.69) is 0 Å². The third kappa shape index (κ3) is 4.51. The van der Waals surface area contributed by atoms with E-state index in [9.17, 15) is 62.2 Å². The van der Waals surface area contributed by atoms with Gasteiger partial charge >= 0.3 is 35.8 Å². The van der Waals surface area contributed by atoms with Crippen molar-refractivity contribution in [3.8, 4) is 0 Å². The zero-order chi connectivity index (χ0) is 26.6. The second-order valence-corrected chi connectivity index (χ2v) is 8.53. The van der Waals surface area contributed by atoms with Crippen LogP contribution in [0.4, 0.5) is 57.1 Å². The summed E-state index contributed by atoms with van der Waals surface area (Å²) in [7, 11) is 0. The van der Waals surface area contributed by atoms with E-state index in [0.717, 1.165) is 12.1 Å². The third-order valence-electron chi connectivity index (χ3n) is 5.10. The molecule has 0 radical (unpaired) electrons. The summed E-state index contributed by atoms with van der Waals surface area (Å²) in [5.74, 6) is -40.8. The van der Waals surface area contributed by atoms with Crippen molar-refractivity contribution in [2.75, 3.05) is 0 Å². The molecule has 0 saturated heterocycles. The Bertz CT molecular complexity index is 837. The summed E-state index contributed by atoms with van der Waals surface area (Å²) in [5, 5.41) is 10.1. The molecule has 2 unspecified atom stereocenters. The van der Waals surface area contributed by atoms with Crippen molar-refractivity contribution in [1.29, 1.82) is 0 Å². The lowest BCUT2D eigenvalue weighted by Gasteiger charge is -2.42. The van der Waals surface area contributed by atoms with Crippen LogP contribution in [0.1, 0.15) is 44.9 Å². The van der Waals surface area contributed by atoms with Crippen LogP contribution in [-0.4, -0.2) is 40.9 Å². The predicted molar refractivity (Wildman–Crippen MR) is 90.1 cm³/mol. The van der Waals surface area contributed by atoms with E-state index in [4.69, 9.17) is 0 Å². The number of aliphatic hydroxyl groups is 1. The van der Waals surface area contributed by atoms with Crippen LogP contribution >= 0.6 is 0 Å². The normalized spacial score (nSPS) is 17.2. The maximum absolute atomic E-state index is 14.3. The molecule has 1 aromatic carbocycles. The van der Waals surface area contributed by atoms with Gasteiger partial charge in [0.25, 0.3) is 0 Å². The lowest BCUT2D eigenvalue weighted by Crippen LogP contribution is -2.71. The van der Waals surface area contributed by atoms with Crippen molar-refractivity contribution in [3.05, 3.63) is 35.4 Å². The van der Waals surface area contributed by atoms with Crippen molar-refractivity contribution < 1.29 is 62.2 Å². The van der Waals surface area contributed by atoms with Gasteiger partial charge in [-0.05, 0) is 16.5 Å². The largest absolute Gasteiger partial charge is 0.460 e. The Balaban J connectivity index is 3.50. The first-order valence-corrected chi connectivity index (χ1v) is 9.02. The van der Waals surface area contributed by atoms with E-state index in [1.807, 2.05) is 0 Å². The van der Waals surface area contributed by atoms with Gasteiger partial charge in [0.05, 0.1) is 12.0 Å². The molecular formula is C19H19F13O. The Morgan fingerprint density at radius 2 is 1.09 bits per heavy atom. The molecule has 14 heteroatoms. The summed E-state index contributed by atoms with van der Waals surface area (Å²) in [4.78, 5) is 0. The number of benzene rings is 1. The quantitative estimate of drug-likeness (QED) is 0.380. The lowest BCUT2D eigenvalue weighted by molar-refractivity contribution is -0.444. The molecule has 0 heterocycles. The Morgan fingerprint density at radius 1 is 0.667 bits per heavy atom. The smallest absolute Gasteiger partial charge is 0.388 e. The van der Waals surface area contributed by atoms with Crippen LogP contribution in [0, 0.1) is 5.92 Å². The van der Waals surface area contributed by atoms with Gasteiger partial charge in [-0.1, -0.05) is 52.0 Å². The van der Waals surface area contributed by atoms with Gasteiger partial charge in [-0.3, -0.25) is 0 Å². The van der Waals surface area contributed by atoms with Crippen molar-refractivity contribution in [2.45, 2.75) is 75.0 Å². The number of hydrogen-bond acceptors (Lipinski definition) is 1. The first-order chi connectivity index (χ1) is 14.3. The van der Waals surface area contributed by atoms with E-state index in [1.165, 1.54) is 12.1 Å². The van der Waals surface area contributed by atoms with E-state index in [1.54, 1.807) is 20.8 Å². The third-order valence-corrected chi connectivity index (χ3v) is 5.10. The van der Waals surface area contributed by atoms with Gasteiger partial charge in [0.1, 0.15) is 0 Å². The average molecular weight is 510 g/mol. The van der Waals surface area contributed by atoms with E-state index >= 15 is 0 Å². The van der Waals surface area contributed by atoms with Crippen LogP contribution in [0.3, 0.4) is 0 Å². The number of aliphatic hydroxyl groups excluding tert-OH is 1. The maximum atomic E-state index is 14.3. The maximum Gasteiger partial charge on any atom is 0.460 e. The summed E-state index contributed by atoms with van der Waals surface area (Å²) in [6.07, 6.45) is -10.2. The summed E-state index contributed by atoms with van der Waals surface area (Å²) in [6.45, 7) is 4.88. The van der Waals surface area contributed by atoms with Crippen LogP contribution in [0.5, 0.6) is 0 Å². The number of rotatable bonds is 7. The molecule has 0 saturated carbocycles. The summed E-state index contributed by atoms with van der Waals surface area (Å²) < 4.78 is 173. The molecule has 0 spiro atoms. The highest BCUT2D eigenvalue weighted by atomic mass is 19.4. The highest BCUT2D eigenvalue weighted by Crippen LogP contribution is 2.62. The van der Waals surface area contributed by atoms with Gasteiger partial charge in [0.2, 0.25) is 0 Å². The molecule has 0 amide bonds. The van der Waals surface area contributed by atoms with E-state index < -0.39 is 58.8 Å². The van der Waals surface area contributed by atoms with Gasteiger partial charge < -0.3 is 5.11 Å². The van der Waals surface area contributed by atoms with Gasteiger partial charge in [-0.25, -0.2) is 0 Å².